The van der Waals surface area contributed by atoms with Crippen molar-refractivity contribution < 1.29 is 27.6 Å². The van der Waals surface area contributed by atoms with E-state index >= 15 is 0 Å². The van der Waals surface area contributed by atoms with Gasteiger partial charge in [0, 0.05) is 18.3 Å². The minimum atomic E-state index is -4.67. The highest BCUT2D eigenvalue weighted by Gasteiger charge is 2.33. The number of carbonyl (C=O) groups excluding carboxylic acids is 1. The largest absolute Gasteiger partial charge is 0.448 e. The van der Waals surface area contributed by atoms with Gasteiger partial charge in [0.05, 0.1) is 17.0 Å². The van der Waals surface area contributed by atoms with Gasteiger partial charge in [-0.15, -0.1) is 0 Å². The van der Waals surface area contributed by atoms with Gasteiger partial charge in [-0.3, -0.25) is 10.1 Å². The zero-order chi connectivity index (χ0) is 19.6. The molecule has 1 heterocycles. The summed E-state index contributed by atoms with van der Waals surface area (Å²) in [6.45, 7) is 1.07. The summed E-state index contributed by atoms with van der Waals surface area (Å²) < 4.78 is 43.2. The summed E-state index contributed by atoms with van der Waals surface area (Å²) in [7, 11) is 0. The molecule has 1 fully saturated rings. The molecule has 0 saturated carbocycles. The number of benzene rings is 2. The average Bonchev–Trinajstić information content (AvgIpc) is 2.99. The molecule has 0 bridgehead atoms. The Hall–Kier alpha value is -3.30. The summed E-state index contributed by atoms with van der Waals surface area (Å²) in [6, 6.07) is 9.00. The van der Waals surface area contributed by atoms with E-state index in [9.17, 15) is 28.1 Å². The Morgan fingerprint density at radius 3 is 2.63 bits per heavy atom. The summed E-state index contributed by atoms with van der Waals surface area (Å²) in [4.78, 5) is 23.3. The topological polar surface area (TPSA) is 84.7 Å². The zero-order valence-electron chi connectivity index (χ0n) is 13.8. The normalized spacial score (nSPS) is 14.2. The maximum Gasteiger partial charge on any atom is 0.416 e. The molecule has 1 N–H and O–H groups in total. The first-order valence-corrected chi connectivity index (χ1v) is 7.87. The number of anilines is 2. The fourth-order valence-corrected chi connectivity index (χ4v) is 2.66. The van der Waals surface area contributed by atoms with E-state index in [1.54, 1.807) is 24.3 Å². The Bertz CT molecular complexity index is 886. The molecule has 3 rings (SSSR count). The second kappa shape index (κ2) is 7.14. The van der Waals surface area contributed by atoms with E-state index < -0.39 is 28.4 Å². The standard InChI is InChI=1S/C17H14F3N3O4/c18-17(19,20)12-4-5-14(15(9-12)23(25)26)21-13-3-1-2-11(8-13)10-22-6-7-27-16(22)24/h1-5,8-9,21H,6-7,10H2. The van der Waals surface area contributed by atoms with Crippen LogP contribution in [0.5, 0.6) is 0 Å². The highest BCUT2D eigenvalue weighted by atomic mass is 19.4. The Morgan fingerprint density at radius 2 is 2.00 bits per heavy atom. The monoisotopic (exact) mass is 381 g/mol. The third-order valence-corrected chi connectivity index (χ3v) is 3.95. The third kappa shape index (κ3) is 4.27. The average molecular weight is 381 g/mol. The number of nitrogens with zero attached hydrogens (tertiary/aromatic N) is 2. The molecule has 0 radical (unpaired) electrons. The van der Waals surface area contributed by atoms with Crippen LogP contribution in [0.15, 0.2) is 42.5 Å². The van der Waals surface area contributed by atoms with Gasteiger partial charge in [-0.05, 0) is 29.8 Å². The molecule has 1 saturated heterocycles. The first-order valence-electron chi connectivity index (χ1n) is 7.87. The molecule has 27 heavy (non-hydrogen) atoms. The minimum Gasteiger partial charge on any atom is -0.448 e. The van der Waals surface area contributed by atoms with Gasteiger partial charge in [-0.1, -0.05) is 12.1 Å². The summed E-state index contributed by atoms with van der Waals surface area (Å²) in [5, 5.41) is 13.9. The quantitative estimate of drug-likeness (QED) is 0.616. The fourth-order valence-electron chi connectivity index (χ4n) is 2.66. The molecular formula is C17H14F3N3O4. The van der Waals surface area contributed by atoms with Crippen LogP contribution in [-0.2, 0) is 17.5 Å². The number of hydrogen-bond donors (Lipinski definition) is 1. The van der Waals surface area contributed by atoms with Crippen LogP contribution < -0.4 is 5.32 Å². The molecule has 0 aromatic heterocycles. The van der Waals surface area contributed by atoms with Crippen LogP contribution >= 0.6 is 0 Å². The van der Waals surface area contributed by atoms with Crippen LogP contribution in [0.2, 0.25) is 0 Å². The van der Waals surface area contributed by atoms with Crippen molar-refractivity contribution in [2.75, 3.05) is 18.5 Å². The predicted octanol–water partition coefficient (Wildman–Crippen LogP) is 4.31. The molecule has 1 aliphatic heterocycles. The molecule has 2 aromatic carbocycles. The molecule has 0 unspecified atom stereocenters. The van der Waals surface area contributed by atoms with Crippen molar-refractivity contribution in [1.29, 1.82) is 0 Å². The van der Waals surface area contributed by atoms with Crippen LogP contribution in [0.3, 0.4) is 0 Å². The van der Waals surface area contributed by atoms with Crippen LogP contribution in [-0.4, -0.2) is 29.1 Å². The molecule has 0 aliphatic carbocycles. The van der Waals surface area contributed by atoms with Crippen molar-refractivity contribution in [3.63, 3.8) is 0 Å². The molecule has 0 spiro atoms. The number of amides is 1. The lowest BCUT2D eigenvalue weighted by atomic mass is 10.1. The third-order valence-electron chi connectivity index (χ3n) is 3.95. The summed E-state index contributed by atoms with van der Waals surface area (Å²) in [6.07, 6.45) is -5.10. The smallest absolute Gasteiger partial charge is 0.416 e. The Labute approximate surface area is 151 Å². The van der Waals surface area contributed by atoms with Gasteiger partial charge < -0.3 is 15.0 Å². The molecule has 2 aromatic rings. The lowest BCUT2D eigenvalue weighted by molar-refractivity contribution is -0.384. The SMILES string of the molecule is O=C1OCCN1Cc1cccc(Nc2ccc(C(F)(F)F)cc2[N+](=O)[O-])c1. The molecule has 142 valence electrons. The van der Waals surface area contributed by atoms with Gasteiger partial charge in [0.2, 0.25) is 0 Å². The van der Waals surface area contributed by atoms with Gasteiger partial charge in [0.1, 0.15) is 12.3 Å². The molecule has 1 aliphatic rings. The van der Waals surface area contributed by atoms with E-state index in [2.05, 4.69) is 5.32 Å². The van der Waals surface area contributed by atoms with E-state index in [1.165, 1.54) is 4.90 Å². The van der Waals surface area contributed by atoms with Crippen molar-refractivity contribution in [1.82, 2.24) is 4.90 Å². The Kier molecular flexibility index (Phi) is 4.89. The van der Waals surface area contributed by atoms with Crippen molar-refractivity contribution in [2.45, 2.75) is 12.7 Å². The second-order valence-electron chi connectivity index (χ2n) is 5.85. The summed E-state index contributed by atoms with van der Waals surface area (Å²) >= 11 is 0. The van der Waals surface area contributed by atoms with Gasteiger partial charge in [-0.2, -0.15) is 13.2 Å². The van der Waals surface area contributed by atoms with Crippen molar-refractivity contribution in [2.24, 2.45) is 0 Å². The summed E-state index contributed by atoms with van der Waals surface area (Å²) in [5.41, 5.74) is -0.651. The van der Waals surface area contributed by atoms with E-state index in [4.69, 9.17) is 4.74 Å². The maximum atomic E-state index is 12.8. The first kappa shape index (κ1) is 18.5. The van der Waals surface area contributed by atoms with Gasteiger partial charge in [0.15, 0.2) is 0 Å². The van der Waals surface area contributed by atoms with E-state index in [0.29, 0.717) is 31.5 Å². The number of rotatable bonds is 5. The maximum absolute atomic E-state index is 12.8. The number of nitrogens with one attached hydrogen (secondary N) is 1. The summed E-state index contributed by atoms with van der Waals surface area (Å²) in [5.74, 6) is 0. The number of ether oxygens (including phenoxy) is 1. The second-order valence-corrected chi connectivity index (χ2v) is 5.85. The highest BCUT2D eigenvalue weighted by Crippen LogP contribution is 2.36. The van der Waals surface area contributed by atoms with Crippen LogP contribution in [0, 0.1) is 10.1 Å². The van der Waals surface area contributed by atoms with Gasteiger partial charge in [-0.25, -0.2) is 4.79 Å². The van der Waals surface area contributed by atoms with Gasteiger partial charge >= 0.3 is 12.3 Å². The van der Waals surface area contributed by atoms with Crippen molar-refractivity contribution >= 4 is 23.2 Å². The molecule has 10 heteroatoms. The molecule has 7 nitrogen and oxygen atoms in total. The number of nitro benzene ring substituents is 1. The number of carbonyl (C=O) groups is 1. The number of halogens is 3. The van der Waals surface area contributed by atoms with E-state index in [0.717, 1.165) is 17.7 Å². The first-order chi connectivity index (χ1) is 12.7. The predicted molar refractivity (Wildman–Crippen MR) is 89.6 cm³/mol. The van der Waals surface area contributed by atoms with Crippen LogP contribution in [0.25, 0.3) is 0 Å². The van der Waals surface area contributed by atoms with Crippen LogP contribution in [0.4, 0.5) is 35.0 Å². The minimum absolute atomic E-state index is 0.0641. The van der Waals surface area contributed by atoms with E-state index in [-0.39, 0.29) is 5.69 Å². The Balaban J connectivity index is 1.83. The number of nitro groups is 1. The molecule has 0 atom stereocenters. The zero-order valence-corrected chi connectivity index (χ0v) is 13.8. The number of cyclic esters (lactones) is 1. The molecule has 1 amide bonds. The lowest BCUT2D eigenvalue weighted by Crippen LogP contribution is -2.23. The number of hydrogen-bond acceptors (Lipinski definition) is 5. The Morgan fingerprint density at radius 1 is 1.22 bits per heavy atom. The number of alkyl halides is 3. The highest BCUT2D eigenvalue weighted by molar-refractivity contribution is 5.71. The lowest BCUT2D eigenvalue weighted by Gasteiger charge is -2.14. The van der Waals surface area contributed by atoms with E-state index in [1.807, 2.05) is 0 Å². The molecular weight excluding hydrogens is 367 g/mol. The fraction of sp³-hybridized carbons (Fsp3) is 0.235. The van der Waals surface area contributed by atoms with Crippen LogP contribution in [0.1, 0.15) is 11.1 Å². The van der Waals surface area contributed by atoms with Crippen molar-refractivity contribution in [3.05, 3.63) is 63.7 Å². The van der Waals surface area contributed by atoms with Crippen molar-refractivity contribution in [3.8, 4) is 0 Å². The van der Waals surface area contributed by atoms with Gasteiger partial charge in [0.25, 0.3) is 5.69 Å².